The van der Waals surface area contributed by atoms with Crippen molar-refractivity contribution < 1.29 is 14.3 Å². The van der Waals surface area contributed by atoms with E-state index in [9.17, 15) is 4.79 Å². The number of hydrogen-bond donors (Lipinski definition) is 1. The lowest BCUT2D eigenvalue weighted by molar-refractivity contribution is 0.0600. The van der Waals surface area contributed by atoms with E-state index in [-0.39, 0.29) is 12.6 Å². The summed E-state index contributed by atoms with van der Waals surface area (Å²) in [6, 6.07) is 14.9. The van der Waals surface area contributed by atoms with E-state index >= 15 is 0 Å². The summed E-state index contributed by atoms with van der Waals surface area (Å²) in [5.41, 5.74) is 2.53. The van der Waals surface area contributed by atoms with Crippen molar-refractivity contribution in [2.75, 3.05) is 7.11 Å². The number of carbonyl (C=O) groups is 1. The average Bonchev–Trinajstić information content (AvgIpc) is 3.10. The standard InChI is InChI=1S/C21H22N4O3S/c1-14(2)16-8-10-18(11-9-16)28-13-19-23-24-21(29)25(19)22-12-15-4-6-17(7-5-15)20(26)27-3/h4-12,14H,13H2,1-3H3,(H,24,29)/b22-12-. The molecule has 1 heterocycles. The van der Waals surface area contributed by atoms with Gasteiger partial charge in [-0.05, 0) is 53.5 Å². The second-order valence-corrected chi connectivity index (χ2v) is 7.01. The molecule has 3 rings (SSSR count). The number of rotatable bonds is 7. The van der Waals surface area contributed by atoms with Crippen LogP contribution >= 0.6 is 12.2 Å². The van der Waals surface area contributed by atoms with Gasteiger partial charge in [-0.2, -0.15) is 14.9 Å². The number of H-pyrrole nitrogens is 1. The number of esters is 1. The SMILES string of the molecule is COC(=O)c1ccc(/C=N\n2c(COc3ccc(C(C)C)cc3)n[nH]c2=S)cc1. The predicted octanol–water partition coefficient (Wildman–Crippen LogP) is 4.31. The van der Waals surface area contributed by atoms with E-state index in [0.717, 1.165) is 11.3 Å². The lowest BCUT2D eigenvalue weighted by atomic mass is 10.0. The third-order valence-corrected chi connectivity index (χ3v) is 4.55. The lowest BCUT2D eigenvalue weighted by Crippen LogP contribution is -2.04. The molecule has 29 heavy (non-hydrogen) atoms. The zero-order valence-electron chi connectivity index (χ0n) is 16.5. The van der Waals surface area contributed by atoms with Gasteiger partial charge in [0.2, 0.25) is 4.77 Å². The summed E-state index contributed by atoms with van der Waals surface area (Å²) in [5, 5.41) is 11.3. The highest BCUT2D eigenvalue weighted by molar-refractivity contribution is 7.71. The topological polar surface area (TPSA) is 81.5 Å². The molecule has 0 atom stereocenters. The van der Waals surface area contributed by atoms with Gasteiger partial charge in [0.1, 0.15) is 12.4 Å². The number of methoxy groups -OCH3 is 1. The van der Waals surface area contributed by atoms with Crippen LogP contribution in [0.4, 0.5) is 0 Å². The zero-order valence-corrected chi connectivity index (χ0v) is 17.3. The molecular formula is C21H22N4O3S. The van der Waals surface area contributed by atoms with Gasteiger partial charge >= 0.3 is 5.97 Å². The van der Waals surface area contributed by atoms with Gasteiger partial charge in [-0.1, -0.05) is 38.1 Å². The average molecular weight is 410 g/mol. The van der Waals surface area contributed by atoms with Crippen molar-refractivity contribution in [1.82, 2.24) is 14.9 Å². The first kappa shape index (κ1) is 20.5. The minimum Gasteiger partial charge on any atom is -0.486 e. The van der Waals surface area contributed by atoms with Crippen molar-refractivity contribution in [2.45, 2.75) is 26.4 Å². The number of nitrogens with zero attached hydrogens (tertiary/aromatic N) is 3. The van der Waals surface area contributed by atoms with Crippen LogP contribution in [0, 0.1) is 4.77 Å². The van der Waals surface area contributed by atoms with Gasteiger partial charge in [-0.15, -0.1) is 0 Å². The number of carbonyl (C=O) groups excluding carboxylic acids is 1. The van der Waals surface area contributed by atoms with Crippen LogP contribution in [0.5, 0.6) is 5.75 Å². The number of benzene rings is 2. The van der Waals surface area contributed by atoms with Crippen molar-refractivity contribution in [3.63, 3.8) is 0 Å². The highest BCUT2D eigenvalue weighted by Gasteiger charge is 2.07. The maximum Gasteiger partial charge on any atom is 0.337 e. The number of nitrogens with one attached hydrogen (secondary N) is 1. The van der Waals surface area contributed by atoms with Crippen molar-refractivity contribution in [3.8, 4) is 5.75 Å². The summed E-state index contributed by atoms with van der Waals surface area (Å²) < 4.78 is 12.4. The molecule has 2 aromatic carbocycles. The molecule has 3 aromatic rings. The van der Waals surface area contributed by atoms with Gasteiger partial charge in [-0.3, -0.25) is 0 Å². The molecule has 0 aliphatic rings. The minimum atomic E-state index is -0.383. The largest absolute Gasteiger partial charge is 0.486 e. The molecule has 0 radical (unpaired) electrons. The summed E-state index contributed by atoms with van der Waals surface area (Å²) in [6.07, 6.45) is 1.63. The fourth-order valence-corrected chi connectivity index (χ4v) is 2.78. The van der Waals surface area contributed by atoms with Gasteiger partial charge in [0.05, 0.1) is 18.9 Å². The first-order chi connectivity index (χ1) is 14.0. The van der Waals surface area contributed by atoms with E-state index in [1.165, 1.54) is 17.3 Å². The summed E-state index contributed by atoms with van der Waals surface area (Å²) in [4.78, 5) is 11.5. The Morgan fingerprint density at radius 1 is 1.21 bits per heavy atom. The van der Waals surface area contributed by atoms with E-state index < -0.39 is 0 Å². The van der Waals surface area contributed by atoms with Gasteiger partial charge in [0, 0.05) is 0 Å². The van der Waals surface area contributed by atoms with Gasteiger partial charge in [0.25, 0.3) is 0 Å². The van der Waals surface area contributed by atoms with Gasteiger partial charge in [0.15, 0.2) is 5.82 Å². The molecule has 8 heteroatoms. The number of hydrogen-bond acceptors (Lipinski definition) is 6. The van der Waals surface area contributed by atoms with Crippen LogP contribution < -0.4 is 4.74 Å². The molecule has 0 saturated carbocycles. The van der Waals surface area contributed by atoms with E-state index in [4.69, 9.17) is 21.7 Å². The number of aromatic nitrogens is 3. The van der Waals surface area contributed by atoms with Crippen LogP contribution in [0.25, 0.3) is 0 Å². The minimum absolute atomic E-state index is 0.215. The van der Waals surface area contributed by atoms with E-state index in [1.807, 2.05) is 24.3 Å². The normalized spacial score (nSPS) is 11.2. The first-order valence-electron chi connectivity index (χ1n) is 9.09. The number of aromatic amines is 1. The van der Waals surface area contributed by atoms with E-state index in [0.29, 0.717) is 22.1 Å². The molecule has 0 spiro atoms. The molecule has 0 aliphatic carbocycles. The van der Waals surface area contributed by atoms with E-state index in [1.54, 1.807) is 30.5 Å². The Morgan fingerprint density at radius 3 is 2.52 bits per heavy atom. The molecule has 0 fully saturated rings. The van der Waals surface area contributed by atoms with Crippen molar-refractivity contribution >= 4 is 24.4 Å². The molecule has 1 aromatic heterocycles. The molecule has 0 bridgehead atoms. The van der Waals surface area contributed by atoms with Crippen molar-refractivity contribution in [3.05, 3.63) is 75.8 Å². The molecular weight excluding hydrogens is 388 g/mol. The third-order valence-electron chi connectivity index (χ3n) is 4.29. The number of ether oxygens (including phenoxy) is 2. The summed E-state index contributed by atoms with van der Waals surface area (Å²) in [7, 11) is 1.35. The Bertz CT molecular complexity index is 1050. The smallest absolute Gasteiger partial charge is 0.337 e. The quantitative estimate of drug-likeness (QED) is 0.357. The molecule has 0 amide bonds. The molecule has 1 N–H and O–H groups in total. The van der Waals surface area contributed by atoms with Gasteiger partial charge in [-0.25, -0.2) is 9.89 Å². The van der Waals surface area contributed by atoms with Crippen LogP contribution in [-0.4, -0.2) is 34.2 Å². The molecule has 0 unspecified atom stereocenters. The zero-order chi connectivity index (χ0) is 20.8. The summed E-state index contributed by atoms with van der Waals surface area (Å²) in [6.45, 7) is 4.51. The Hall–Kier alpha value is -3.26. The Kier molecular flexibility index (Phi) is 6.56. The van der Waals surface area contributed by atoms with Crippen molar-refractivity contribution in [2.24, 2.45) is 5.10 Å². The molecule has 0 aliphatic heterocycles. The first-order valence-corrected chi connectivity index (χ1v) is 9.50. The molecule has 0 saturated heterocycles. The van der Waals surface area contributed by atoms with Gasteiger partial charge < -0.3 is 9.47 Å². The highest BCUT2D eigenvalue weighted by atomic mass is 32.1. The second-order valence-electron chi connectivity index (χ2n) is 6.63. The summed E-state index contributed by atoms with van der Waals surface area (Å²) in [5.74, 6) is 1.38. The monoisotopic (exact) mass is 410 g/mol. The highest BCUT2D eigenvalue weighted by Crippen LogP contribution is 2.19. The third kappa shape index (κ3) is 5.17. The predicted molar refractivity (Wildman–Crippen MR) is 113 cm³/mol. The fraction of sp³-hybridized carbons (Fsp3) is 0.238. The van der Waals surface area contributed by atoms with Crippen LogP contribution in [0.1, 0.15) is 47.1 Å². The maximum atomic E-state index is 11.5. The second kappa shape index (κ2) is 9.29. The Balaban J connectivity index is 1.70. The molecule has 7 nitrogen and oxygen atoms in total. The fourth-order valence-electron chi connectivity index (χ4n) is 2.58. The van der Waals surface area contributed by atoms with Crippen LogP contribution in [0.15, 0.2) is 53.6 Å². The van der Waals surface area contributed by atoms with Crippen LogP contribution in [0.3, 0.4) is 0 Å². The van der Waals surface area contributed by atoms with E-state index in [2.05, 4.69) is 29.1 Å². The van der Waals surface area contributed by atoms with Crippen LogP contribution in [0.2, 0.25) is 0 Å². The Morgan fingerprint density at radius 2 is 1.90 bits per heavy atom. The Labute approximate surface area is 174 Å². The lowest BCUT2D eigenvalue weighted by Gasteiger charge is -2.08. The van der Waals surface area contributed by atoms with Crippen molar-refractivity contribution in [1.29, 1.82) is 0 Å². The maximum absolute atomic E-state index is 11.5. The molecule has 150 valence electrons. The summed E-state index contributed by atoms with van der Waals surface area (Å²) >= 11 is 5.25. The van der Waals surface area contributed by atoms with Crippen LogP contribution in [-0.2, 0) is 11.3 Å².